The molecule has 84 valence electrons. The number of anilines is 1. The average Bonchev–Trinajstić information content (AvgIpc) is 2.25. The van der Waals surface area contributed by atoms with Crippen molar-refractivity contribution in [2.24, 2.45) is 5.73 Å². The van der Waals surface area contributed by atoms with E-state index in [2.05, 4.69) is 0 Å². The number of nitrogens with two attached hydrogens (primary N) is 1. The van der Waals surface area contributed by atoms with Crippen molar-refractivity contribution >= 4 is 5.69 Å². The van der Waals surface area contributed by atoms with Gasteiger partial charge in [0.1, 0.15) is 5.82 Å². The van der Waals surface area contributed by atoms with Crippen molar-refractivity contribution in [1.29, 1.82) is 0 Å². The molecule has 0 saturated carbocycles. The number of nitrogens with zero attached hydrogens (tertiary/aromatic N) is 1. The van der Waals surface area contributed by atoms with Crippen molar-refractivity contribution < 1.29 is 9.13 Å². The molecule has 0 amide bonds. The number of hydrogen-bond acceptors (Lipinski definition) is 3. The Morgan fingerprint density at radius 2 is 2.20 bits per heavy atom. The highest BCUT2D eigenvalue weighted by atomic mass is 19.1. The minimum absolute atomic E-state index is 0.251. The quantitative estimate of drug-likeness (QED) is 0.801. The molecule has 15 heavy (non-hydrogen) atoms. The molecule has 3 nitrogen and oxygen atoms in total. The van der Waals surface area contributed by atoms with Crippen molar-refractivity contribution in [2.45, 2.75) is 6.54 Å². The lowest BCUT2D eigenvalue weighted by molar-refractivity contribution is 0.206. The van der Waals surface area contributed by atoms with Crippen molar-refractivity contribution in [3.63, 3.8) is 0 Å². The maximum absolute atomic E-state index is 13.0. The summed E-state index contributed by atoms with van der Waals surface area (Å²) in [5.74, 6) is -0.251. The number of hydrogen-bond donors (Lipinski definition) is 1. The molecule has 1 aromatic rings. The fourth-order valence-corrected chi connectivity index (χ4v) is 1.44. The Kier molecular flexibility index (Phi) is 4.52. The van der Waals surface area contributed by atoms with Gasteiger partial charge in [0.05, 0.1) is 6.61 Å². The molecule has 0 spiro atoms. The van der Waals surface area contributed by atoms with Gasteiger partial charge in [0, 0.05) is 32.9 Å². The fraction of sp³-hybridized carbons (Fsp3) is 0.455. The van der Waals surface area contributed by atoms with Crippen LogP contribution < -0.4 is 10.6 Å². The first-order valence-electron chi connectivity index (χ1n) is 4.87. The van der Waals surface area contributed by atoms with E-state index in [1.165, 1.54) is 12.1 Å². The summed E-state index contributed by atoms with van der Waals surface area (Å²) in [5.41, 5.74) is 7.33. The maximum Gasteiger partial charge on any atom is 0.123 e. The van der Waals surface area contributed by atoms with Gasteiger partial charge in [0.15, 0.2) is 0 Å². The molecule has 4 heteroatoms. The Hall–Kier alpha value is -1.13. The molecule has 0 aliphatic rings. The summed E-state index contributed by atoms with van der Waals surface area (Å²) in [6, 6.07) is 4.66. The largest absolute Gasteiger partial charge is 0.383 e. The van der Waals surface area contributed by atoms with E-state index in [4.69, 9.17) is 10.5 Å². The highest BCUT2D eigenvalue weighted by Crippen LogP contribution is 2.19. The normalized spacial score (nSPS) is 10.4. The topological polar surface area (TPSA) is 38.5 Å². The van der Waals surface area contributed by atoms with Crippen LogP contribution in [0.2, 0.25) is 0 Å². The van der Waals surface area contributed by atoms with Gasteiger partial charge in [-0.1, -0.05) is 0 Å². The molecule has 2 N–H and O–H groups in total. The minimum Gasteiger partial charge on any atom is -0.383 e. The molecule has 0 radical (unpaired) electrons. The van der Waals surface area contributed by atoms with E-state index in [0.29, 0.717) is 13.2 Å². The number of benzene rings is 1. The van der Waals surface area contributed by atoms with Crippen LogP contribution in [0, 0.1) is 5.82 Å². The third-order valence-electron chi connectivity index (χ3n) is 2.30. The Morgan fingerprint density at radius 3 is 2.80 bits per heavy atom. The lowest BCUT2D eigenvalue weighted by Gasteiger charge is -2.21. The molecule has 0 aliphatic carbocycles. The molecule has 1 aromatic carbocycles. The molecule has 0 saturated heterocycles. The molecule has 0 aliphatic heterocycles. The van der Waals surface area contributed by atoms with E-state index in [1.807, 2.05) is 11.9 Å². The van der Waals surface area contributed by atoms with Crippen LogP contribution in [0.1, 0.15) is 5.56 Å². The van der Waals surface area contributed by atoms with Crippen LogP contribution in [0.25, 0.3) is 0 Å². The average molecular weight is 212 g/mol. The number of ether oxygens (including phenoxy) is 1. The zero-order chi connectivity index (χ0) is 11.3. The van der Waals surface area contributed by atoms with Crippen LogP contribution in [0.5, 0.6) is 0 Å². The van der Waals surface area contributed by atoms with E-state index in [0.717, 1.165) is 17.8 Å². The Bertz CT molecular complexity index is 317. The molecule has 0 aromatic heterocycles. The second-order valence-electron chi connectivity index (χ2n) is 3.39. The summed E-state index contributed by atoms with van der Waals surface area (Å²) in [6.45, 7) is 1.73. The van der Waals surface area contributed by atoms with Gasteiger partial charge < -0.3 is 15.4 Å². The summed E-state index contributed by atoms with van der Waals surface area (Å²) in [5, 5.41) is 0. The van der Waals surface area contributed by atoms with Crippen molar-refractivity contribution in [1.82, 2.24) is 0 Å². The lowest BCUT2D eigenvalue weighted by Crippen LogP contribution is -2.23. The first-order valence-corrected chi connectivity index (χ1v) is 4.87. The molecular formula is C11H17FN2O. The highest BCUT2D eigenvalue weighted by molar-refractivity contribution is 5.53. The third-order valence-corrected chi connectivity index (χ3v) is 2.30. The summed E-state index contributed by atoms with van der Waals surface area (Å²) >= 11 is 0. The Morgan fingerprint density at radius 1 is 1.47 bits per heavy atom. The summed E-state index contributed by atoms with van der Waals surface area (Å²) < 4.78 is 17.9. The van der Waals surface area contributed by atoms with E-state index < -0.39 is 0 Å². The van der Waals surface area contributed by atoms with E-state index >= 15 is 0 Å². The second-order valence-corrected chi connectivity index (χ2v) is 3.39. The van der Waals surface area contributed by atoms with Crippen LogP contribution in [0.4, 0.5) is 10.1 Å². The third kappa shape index (κ3) is 3.18. The van der Waals surface area contributed by atoms with E-state index in [1.54, 1.807) is 13.2 Å². The second kappa shape index (κ2) is 5.68. The summed E-state index contributed by atoms with van der Waals surface area (Å²) in [6.07, 6.45) is 0. The van der Waals surface area contributed by atoms with Crippen molar-refractivity contribution in [2.75, 3.05) is 32.2 Å². The zero-order valence-corrected chi connectivity index (χ0v) is 9.16. The molecular weight excluding hydrogens is 195 g/mol. The van der Waals surface area contributed by atoms with Crippen LogP contribution in [-0.2, 0) is 11.3 Å². The van der Waals surface area contributed by atoms with Gasteiger partial charge in [-0.2, -0.15) is 0 Å². The zero-order valence-electron chi connectivity index (χ0n) is 9.16. The summed E-state index contributed by atoms with van der Waals surface area (Å²) in [7, 11) is 3.59. The fourth-order valence-electron chi connectivity index (χ4n) is 1.44. The minimum atomic E-state index is -0.251. The Balaban J connectivity index is 2.82. The SMILES string of the molecule is COCCN(C)c1ccc(F)cc1CN. The standard InChI is InChI=1S/C11H17FN2O/c1-14(5-6-15-2)11-4-3-10(12)7-9(11)8-13/h3-4,7H,5-6,8,13H2,1-2H3. The monoisotopic (exact) mass is 212 g/mol. The van der Waals surface area contributed by atoms with Crippen LogP contribution in [0.15, 0.2) is 18.2 Å². The van der Waals surface area contributed by atoms with Gasteiger partial charge in [-0.25, -0.2) is 4.39 Å². The first-order chi connectivity index (χ1) is 7.19. The maximum atomic E-state index is 13.0. The van der Waals surface area contributed by atoms with Gasteiger partial charge in [-0.15, -0.1) is 0 Å². The number of likely N-dealkylation sites (N-methyl/N-ethyl adjacent to an activating group) is 1. The summed E-state index contributed by atoms with van der Waals surface area (Å²) in [4.78, 5) is 2.01. The van der Waals surface area contributed by atoms with Crippen molar-refractivity contribution in [3.05, 3.63) is 29.6 Å². The molecule has 0 unspecified atom stereocenters. The van der Waals surface area contributed by atoms with Gasteiger partial charge >= 0.3 is 0 Å². The molecule has 0 atom stereocenters. The lowest BCUT2D eigenvalue weighted by atomic mass is 10.1. The Labute approximate surface area is 89.6 Å². The number of rotatable bonds is 5. The van der Waals surface area contributed by atoms with Gasteiger partial charge in [0.25, 0.3) is 0 Å². The van der Waals surface area contributed by atoms with E-state index in [9.17, 15) is 4.39 Å². The molecule has 0 fully saturated rings. The smallest absolute Gasteiger partial charge is 0.123 e. The van der Waals surface area contributed by atoms with Crippen LogP contribution >= 0.6 is 0 Å². The first kappa shape index (κ1) is 11.9. The van der Waals surface area contributed by atoms with Gasteiger partial charge in [-0.05, 0) is 23.8 Å². The van der Waals surface area contributed by atoms with Crippen LogP contribution in [0.3, 0.4) is 0 Å². The molecule has 1 rings (SSSR count). The number of methoxy groups -OCH3 is 1. The van der Waals surface area contributed by atoms with Gasteiger partial charge in [0.2, 0.25) is 0 Å². The van der Waals surface area contributed by atoms with Gasteiger partial charge in [-0.3, -0.25) is 0 Å². The molecule has 0 heterocycles. The van der Waals surface area contributed by atoms with E-state index in [-0.39, 0.29) is 5.82 Å². The molecule has 0 bridgehead atoms. The number of halogens is 1. The predicted molar refractivity (Wildman–Crippen MR) is 59.4 cm³/mol. The predicted octanol–water partition coefficient (Wildman–Crippen LogP) is 1.37. The highest BCUT2D eigenvalue weighted by Gasteiger charge is 2.06. The van der Waals surface area contributed by atoms with Crippen molar-refractivity contribution in [3.8, 4) is 0 Å². The van der Waals surface area contributed by atoms with Crippen LogP contribution in [-0.4, -0.2) is 27.3 Å².